The SMILES string of the molecule is COc1cc(OC)c(-c2ncc(N)cc2C)c(OC)c1. The monoisotopic (exact) mass is 274 g/mol. The van der Waals surface area contributed by atoms with Gasteiger partial charge in [-0.3, -0.25) is 4.98 Å². The first-order valence-electron chi connectivity index (χ1n) is 6.13. The molecule has 2 aromatic rings. The standard InChI is InChI=1S/C15H18N2O3/c1-9-5-10(16)8-17-15(9)14-12(19-3)6-11(18-2)7-13(14)20-4/h5-8H,16H2,1-4H3. The Hall–Kier alpha value is -2.43. The van der Waals surface area contributed by atoms with Crippen molar-refractivity contribution in [2.24, 2.45) is 0 Å². The molecular formula is C15H18N2O3. The van der Waals surface area contributed by atoms with E-state index < -0.39 is 0 Å². The van der Waals surface area contributed by atoms with Gasteiger partial charge >= 0.3 is 0 Å². The van der Waals surface area contributed by atoms with Gasteiger partial charge < -0.3 is 19.9 Å². The number of rotatable bonds is 4. The average molecular weight is 274 g/mol. The van der Waals surface area contributed by atoms with Gasteiger partial charge in [0.15, 0.2) is 0 Å². The van der Waals surface area contributed by atoms with Crippen LogP contribution in [-0.2, 0) is 0 Å². The normalized spacial score (nSPS) is 10.2. The van der Waals surface area contributed by atoms with E-state index in [0.717, 1.165) is 16.8 Å². The number of ether oxygens (including phenoxy) is 3. The fraction of sp³-hybridized carbons (Fsp3) is 0.267. The van der Waals surface area contributed by atoms with Crippen molar-refractivity contribution in [3.63, 3.8) is 0 Å². The molecule has 2 N–H and O–H groups in total. The molecule has 0 spiro atoms. The second-order valence-corrected chi connectivity index (χ2v) is 4.34. The second-order valence-electron chi connectivity index (χ2n) is 4.34. The maximum Gasteiger partial charge on any atom is 0.135 e. The molecule has 106 valence electrons. The van der Waals surface area contributed by atoms with Gasteiger partial charge in [-0.15, -0.1) is 0 Å². The Labute approximate surface area is 118 Å². The van der Waals surface area contributed by atoms with E-state index in [1.165, 1.54) is 0 Å². The third-order valence-corrected chi connectivity index (χ3v) is 3.05. The summed E-state index contributed by atoms with van der Waals surface area (Å²) in [4.78, 5) is 4.39. The summed E-state index contributed by atoms with van der Waals surface area (Å²) in [6.45, 7) is 1.95. The smallest absolute Gasteiger partial charge is 0.135 e. The number of hydrogen-bond donors (Lipinski definition) is 1. The highest BCUT2D eigenvalue weighted by molar-refractivity contribution is 5.78. The van der Waals surface area contributed by atoms with Crippen LogP contribution in [-0.4, -0.2) is 26.3 Å². The quantitative estimate of drug-likeness (QED) is 0.928. The highest BCUT2D eigenvalue weighted by atomic mass is 16.5. The zero-order valence-corrected chi connectivity index (χ0v) is 12.1. The van der Waals surface area contributed by atoms with Crippen LogP contribution in [0.2, 0.25) is 0 Å². The number of nitrogens with zero attached hydrogens (tertiary/aromatic N) is 1. The van der Waals surface area contributed by atoms with E-state index >= 15 is 0 Å². The van der Waals surface area contributed by atoms with E-state index in [4.69, 9.17) is 19.9 Å². The average Bonchev–Trinajstić information content (AvgIpc) is 2.46. The molecule has 0 amide bonds. The lowest BCUT2D eigenvalue weighted by Crippen LogP contribution is -1.99. The minimum atomic E-state index is 0.623. The molecule has 1 aromatic heterocycles. The molecule has 0 aliphatic rings. The lowest BCUT2D eigenvalue weighted by atomic mass is 10.0. The van der Waals surface area contributed by atoms with Crippen molar-refractivity contribution in [2.75, 3.05) is 27.1 Å². The van der Waals surface area contributed by atoms with Crippen molar-refractivity contribution in [3.8, 4) is 28.5 Å². The minimum absolute atomic E-state index is 0.623. The molecule has 0 bridgehead atoms. The molecule has 0 fully saturated rings. The van der Waals surface area contributed by atoms with E-state index in [1.54, 1.807) is 39.7 Å². The third kappa shape index (κ3) is 2.47. The predicted octanol–water partition coefficient (Wildman–Crippen LogP) is 2.67. The highest BCUT2D eigenvalue weighted by Crippen LogP contribution is 2.42. The molecule has 5 heteroatoms. The van der Waals surface area contributed by atoms with Crippen LogP contribution in [0.3, 0.4) is 0 Å². The molecule has 0 radical (unpaired) electrons. The molecule has 0 atom stereocenters. The number of anilines is 1. The van der Waals surface area contributed by atoms with Crippen LogP contribution in [0, 0.1) is 6.92 Å². The lowest BCUT2D eigenvalue weighted by molar-refractivity contribution is 0.377. The van der Waals surface area contributed by atoms with E-state index in [9.17, 15) is 0 Å². The van der Waals surface area contributed by atoms with Gasteiger partial charge in [0.05, 0.1) is 44.5 Å². The lowest BCUT2D eigenvalue weighted by Gasteiger charge is -2.16. The molecule has 0 unspecified atom stereocenters. The molecule has 0 saturated carbocycles. The zero-order chi connectivity index (χ0) is 14.7. The summed E-state index contributed by atoms with van der Waals surface area (Å²) in [5.41, 5.74) is 8.88. The Balaban J connectivity index is 2.71. The first-order valence-corrected chi connectivity index (χ1v) is 6.13. The van der Waals surface area contributed by atoms with Gasteiger partial charge in [0, 0.05) is 12.1 Å². The Morgan fingerprint density at radius 2 is 1.55 bits per heavy atom. The van der Waals surface area contributed by atoms with Crippen LogP contribution >= 0.6 is 0 Å². The van der Waals surface area contributed by atoms with Crippen molar-refractivity contribution in [3.05, 3.63) is 30.0 Å². The molecular weight excluding hydrogens is 256 g/mol. The molecule has 0 saturated heterocycles. The summed E-state index contributed by atoms with van der Waals surface area (Å²) in [5.74, 6) is 1.94. The summed E-state index contributed by atoms with van der Waals surface area (Å²) in [6, 6.07) is 5.47. The van der Waals surface area contributed by atoms with Gasteiger partial charge in [-0.25, -0.2) is 0 Å². The number of methoxy groups -OCH3 is 3. The molecule has 20 heavy (non-hydrogen) atoms. The fourth-order valence-corrected chi connectivity index (χ4v) is 2.10. The topological polar surface area (TPSA) is 66.6 Å². The number of aryl methyl sites for hydroxylation is 1. The first-order chi connectivity index (χ1) is 9.60. The molecule has 0 aliphatic carbocycles. The number of hydrogen-bond acceptors (Lipinski definition) is 5. The van der Waals surface area contributed by atoms with E-state index in [1.807, 2.05) is 13.0 Å². The predicted molar refractivity (Wildman–Crippen MR) is 78.5 cm³/mol. The van der Waals surface area contributed by atoms with E-state index in [-0.39, 0.29) is 0 Å². The Kier molecular flexibility index (Phi) is 3.98. The van der Waals surface area contributed by atoms with E-state index in [2.05, 4.69) is 4.98 Å². The van der Waals surface area contributed by atoms with Gasteiger partial charge in [0.25, 0.3) is 0 Å². The van der Waals surface area contributed by atoms with Crippen molar-refractivity contribution in [1.29, 1.82) is 0 Å². The largest absolute Gasteiger partial charge is 0.496 e. The summed E-state index contributed by atoms with van der Waals surface area (Å²) in [5, 5.41) is 0. The number of pyridine rings is 1. The Morgan fingerprint density at radius 1 is 0.950 bits per heavy atom. The Bertz CT molecular complexity index is 602. The van der Waals surface area contributed by atoms with Crippen molar-refractivity contribution < 1.29 is 14.2 Å². The summed E-state index contributed by atoms with van der Waals surface area (Å²) >= 11 is 0. The van der Waals surface area contributed by atoms with Crippen molar-refractivity contribution in [1.82, 2.24) is 4.98 Å². The van der Waals surface area contributed by atoms with Crippen LogP contribution < -0.4 is 19.9 Å². The summed E-state index contributed by atoms with van der Waals surface area (Å²) in [6.07, 6.45) is 1.62. The fourth-order valence-electron chi connectivity index (χ4n) is 2.10. The second kappa shape index (κ2) is 5.69. The first kappa shape index (κ1) is 14.0. The van der Waals surface area contributed by atoms with Crippen LogP contribution in [0.5, 0.6) is 17.2 Å². The van der Waals surface area contributed by atoms with Gasteiger partial charge in [-0.2, -0.15) is 0 Å². The number of aromatic nitrogens is 1. The van der Waals surface area contributed by atoms with Crippen LogP contribution in [0.15, 0.2) is 24.4 Å². The number of nitrogens with two attached hydrogens (primary N) is 1. The van der Waals surface area contributed by atoms with Gasteiger partial charge in [0.2, 0.25) is 0 Å². The van der Waals surface area contributed by atoms with Crippen LogP contribution in [0.1, 0.15) is 5.56 Å². The van der Waals surface area contributed by atoms with Crippen LogP contribution in [0.4, 0.5) is 5.69 Å². The molecule has 5 nitrogen and oxygen atoms in total. The molecule has 1 aromatic carbocycles. The number of nitrogen functional groups attached to an aromatic ring is 1. The number of benzene rings is 1. The molecule has 1 heterocycles. The highest BCUT2D eigenvalue weighted by Gasteiger charge is 2.18. The van der Waals surface area contributed by atoms with Crippen molar-refractivity contribution >= 4 is 5.69 Å². The summed E-state index contributed by atoms with van der Waals surface area (Å²) in [7, 11) is 4.80. The van der Waals surface area contributed by atoms with E-state index in [0.29, 0.717) is 22.9 Å². The zero-order valence-electron chi connectivity index (χ0n) is 12.1. The third-order valence-electron chi connectivity index (χ3n) is 3.05. The Morgan fingerprint density at radius 3 is 2.00 bits per heavy atom. The maximum atomic E-state index is 5.75. The van der Waals surface area contributed by atoms with Gasteiger partial charge in [-0.1, -0.05) is 0 Å². The molecule has 0 aliphatic heterocycles. The minimum Gasteiger partial charge on any atom is -0.496 e. The van der Waals surface area contributed by atoms with Crippen LogP contribution in [0.25, 0.3) is 11.3 Å². The van der Waals surface area contributed by atoms with Crippen molar-refractivity contribution in [2.45, 2.75) is 6.92 Å². The maximum absolute atomic E-state index is 5.75. The summed E-state index contributed by atoms with van der Waals surface area (Å²) < 4.78 is 16.1. The van der Waals surface area contributed by atoms with Gasteiger partial charge in [-0.05, 0) is 18.6 Å². The van der Waals surface area contributed by atoms with Gasteiger partial charge in [0.1, 0.15) is 17.2 Å². The molecule has 2 rings (SSSR count).